The number of hydrogen-bond donors (Lipinski definition) is 2. The Balaban J connectivity index is 2.05. The average molecular weight is 260 g/mol. The lowest BCUT2D eigenvalue weighted by Crippen LogP contribution is -2.28. The Morgan fingerprint density at radius 2 is 2.00 bits per heavy atom. The number of nitrogens with one attached hydrogen (secondary N) is 1. The molecular weight excluding hydrogens is 246 g/mol. The third-order valence-corrected chi connectivity index (χ3v) is 3.79. The molecule has 1 atom stereocenters. The molecular formula is C15H14ClNO. The number of rotatable bonds is 1. The summed E-state index contributed by atoms with van der Waals surface area (Å²) in [4.78, 5) is 0. The number of phenolic OH excluding ortho intramolecular Hbond substituents is 1. The zero-order chi connectivity index (χ0) is 12.5. The van der Waals surface area contributed by atoms with Crippen molar-refractivity contribution < 1.29 is 5.11 Å². The van der Waals surface area contributed by atoms with Gasteiger partial charge in [0, 0.05) is 19.0 Å². The Hall–Kier alpha value is -1.51. The predicted octanol–water partition coefficient (Wildman–Crippen LogP) is 3.28. The van der Waals surface area contributed by atoms with Crippen LogP contribution in [0.3, 0.4) is 0 Å². The van der Waals surface area contributed by atoms with Gasteiger partial charge in [0.15, 0.2) is 0 Å². The minimum Gasteiger partial charge on any atom is -0.506 e. The maximum Gasteiger partial charge on any atom is 0.134 e. The number of benzene rings is 2. The largest absolute Gasteiger partial charge is 0.506 e. The Kier molecular flexibility index (Phi) is 2.98. The molecule has 0 saturated carbocycles. The quantitative estimate of drug-likeness (QED) is 0.824. The van der Waals surface area contributed by atoms with E-state index in [1.807, 2.05) is 6.07 Å². The molecule has 2 aromatic rings. The molecule has 18 heavy (non-hydrogen) atoms. The van der Waals surface area contributed by atoms with Crippen LogP contribution in [-0.2, 0) is 6.54 Å². The van der Waals surface area contributed by atoms with Crippen molar-refractivity contribution in [1.29, 1.82) is 0 Å². The van der Waals surface area contributed by atoms with E-state index < -0.39 is 0 Å². The van der Waals surface area contributed by atoms with Crippen molar-refractivity contribution in [3.63, 3.8) is 0 Å². The second kappa shape index (κ2) is 4.63. The van der Waals surface area contributed by atoms with Crippen LogP contribution in [0.25, 0.3) is 0 Å². The van der Waals surface area contributed by atoms with Crippen LogP contribution in [0.15, 0.2) is 42.5 Å². The molecule has 0 bridgehead atoms. The average Bonchev–Trinajstić information content (AvgIpc) is 2.41. The van der Waals surface area contributed by atoms with Gasteiger partial charge in [-0.2, -0.15) is 0 Å². The molecule has 0 aromatic heterocycles. The SMILES string of the molecule is Oc1cc(C2CNCc3ccccc32)ccc1Cl. The van der Waals surface area contributed by atoms with Crippen molar-refractivity contribution in [2.75, 3.05) is 6.54 Å². The molecule has 0 radical (unpaired) electrons. The number of halogens is 1. The monoisotopic (exact) mass is 259 g/mol. The number of hydrogen-bond acceptors (Lipinski definition) is 2. The van der Waals surface area contributed by atoms with Crippen LogP contribution >= 0.6 is 11.6 Å². The first-order valence-electron chi connectivity index (χ1n) is 6.02. The molecule has 1 aliphatic rings. The van der Waals surface area contributed by atoms with Crippen LogP contribution in [0, 0.1) is 0 Å². The molecule has 0 saturated heterocycles. The molecule has 1 heterocycles. The van der Waals surface area contributed by atoms with Crippen molar-refractivity contribution in [2.24, 2.45) is 0 Å². The van der Waals surface area contributed by atoms with E-state index in [0.29, 0.717) is 5.02 Å². The standard InChI is InChI=1S/C15H14ClNO/c16-14-6-5-10(7-15(14)18)13-9-17-8-11-3-1-2-4-12(11)13/h1-7,13,17-18H,8-9H2. The van der Waals surface area contributed by atoms with Crippen molar-refractivity contribution in [1.82, 2.24) is 5.32 Å². The van der Waals surface area contributed by atoms with E-state index in [-0.39, 0.29) is 11.7 Å². The number of aromatic hydroxyl groups is 1. The summed E-state index contributed by atoms with van der Waals surface area (Å²) in [5.41, 5.74) is 3.75. The van der Waals surface area contributed by atoms with Crippen LogP contribution in [0.4, 0.5) is 0 Å². The van der Waals surface area contributed by atoms with E-state index in [1.54, 1.807) is 12.1 Å². The summed E-state index contributed by atoms with van der Waals surface area (Å²) in [5.74, 6) is 0.426. The highest BCUT2D eigenvalue weighted by Crippen LogP contribution is 2.33. The molecule has 1 aliphatic heterocycles. The fraction of sp³-hybridized carbons (Fsp3) is 0.200. The van der Waals surface area contributed by atoms with Gasteiger partial charge in [0.25, 0.3) is 0 Å². The van der Waals surface area contributed by atoms with Gasteiger partial charge < -0.3 is 10.4 Å². The lowest BCUT2D eigenvalue weighted by molar-refractivity contribution is 0.473. The van der Waals surface area contributed by atoms with E-state index in [4.69, 9.17) is 11.6 Å². The Bertz CT molecular complexity index is 582. The minimum atomic E-state index is 0.150. The van der Waals surface area contributed by atoms with Gasteiger partial charge in [0.1, 0.15) is 5.75 Å². The Morgan fingerprint density at radius 1 is 1.17 bits per heavy atom. The van der Waals surface area contributed by atoms with Gasteiger partial charge in [-0.1, -0.05) is 41.9 Å². The van der Waals surface area contributed by atoms with E-state index in [1.165, 1.54) is 11.1 Å². The lowest BCUT2D eigenvalue weighted by atomic mass is 9.85. The highest BCUT2D eigenvalue weighted by atomic mass is 35.5. The molecule has 2 N–H and O–H groups in total. The van der Waals surface area contributed by atoms with E-state index in [0.717, 1.165) is 18.7 Å². The van der Waals surface area contributed by atoms with Gasteiger partial charge in [-0.05, 0) is 28.8 Å². The first-order chi connectivity index (χ1) is 8.75. The van der Waals surface area contributed by atoms with Crippen LogP contribution in [0.1, 0.15) is 22.6 Å². The first kappa shape index (κ1) is 11.6. The summed E-state index contributed by atoms with van der Waals surface area (Å²) in [6.45, 7) is 1.80. The molecule has 3 heteroatoms. The summed E-state index contributed by atoms with van der Waals surface area (Å²) in [6.07, 6.45) is 0. The maximum atomic E-state index is 9.73. The van der Waals surface area contributed by atoms with E-state index in [2.05, 4.69) is 29.6 Å². The van der Waals surface area contributed by atoms with Gasteiger partial charge >= 0.3 is 0 Å². The van der Waals surface area contributed by atoms with Gasteiger partial charge in [0.05, 0.1) is 5.02 Å². The molecule has 2 aromatic carbocycles. The summed E-state index contributed by atoms with van der Waals surface area (Å²) < 4.78 is 0. The minimum absolute atomic E-state index is 0.150. The van der Waals surface area contributed by atoms with Crippen molar-refractivity contribution in [2.45, 2.75) is 12.5 Å². The third-order valence-electron chi connectivity index (χ3n) is 3.47. The second-order valence-corrected chi connectivity index (χ2v) is 5.00. The van der Waals surface area contributed by atoms with Crippen LogP contribution < -0.4 is 5.32 Å². The topological polar surface area (TPSA) is 32.3 Å². The van der Waals surface area contributed by atoms with Gasteiger partial charge in [-0.15, -0.1) is 0 Å². The van der Waals surface area contributed by atoms with Gasteiger partial charge in [-0.3, -0.25) is 0 Å². The smallest absolute Gasteiger partial charge is 0.134 e. The molecule has 0 aliphatic carbocycles. The highest BCUT2D eigenvalue weighted by Gasteiger charge is 2.21. The summed E-state index contributed by atoms with van der Waals surface area (Å²) in [6, 6.07) is 13.9. The zero-order valence-corrected chi connectivity index (χ0v) is 10.6. The fourth-order valence-corrected chi connectivity index (χ4v) is 2.66. The number of fused-ring (bicyclic) bond motifs is 1. The zero-order valence-electron chi connectivity index (χ0n) is 9.86. The molecule has 0 fully saturated rings. The predicted molar refractivity (Wildman–Crippen MR) is 73.1 cm³/mol. The van der Waals surface area contributed by atoms with E-state index >= 15 is 0 Å². The number of phenols is 1. The Labute approximate surface area is 111 Å². The second-order valence-electron chi connectivity index (χ2n) is 4.59. The van der Waals surface area contributed by atoms with Gasteiger partial charge in [-0.25, -0.2) is 0 Å². The van der Waals surface area contributed by atoms with Crippen LogP contribution in [0.5, 0.6) is 5.75 Å². The van der Waals surface area contributed by atoms with E-state index in [9.17, 15) is 5.11 Å². The molecule has 3 rings (SSSR count). The van der Waals surface area contributed by atoms with Crippen molar-refractivity contribution >= 4 is 11.6 Å². The highest BCUT2D eigenvalue weighted by molar-refractivity contribution is 6.32. The summed E-state index contributed by atoms with van der Waals surface area (Å²) >= 11 is 5.85. The molecule has 92 valence electrons. The van der Waals surface area contributed by atoms with Crippen molar-refractivity contribution in [3.05, 3.63) is 64.2 Å². The molecule has 0 amide bonds. The Morgan fingerprint density at radius 3 is 2.83 bits per heavy atom. The van der Waals surface area contributed by atoms with Crippen molar-refractivity contribution in [3.8, 4) is 5.75 Å². The molecule has 1 unspecified atom stereocenters. The fourth-order valence-electron chi connectivity index (χ4n) is 2.54. The molecule has 2 nitrogen and oxygen atoms in total. The summed E-state index contributed by atoms with van der Waals surface area (Å²) in [5, 5.41) is 13.5. The lowest BCUT2D eigenvalue weighted by Gasteiger charge is -2.27. The third kappa shape index (κ3) is 1.98. The van der Waals surface area contributed by atoms with Gasteiger partial charge in [0.2, 0.25) is 0 Å². The van der Waals surface area contributed by atoms with Crippen LogP contribution in [-0.4, -0.2) is 11.7 Å². The summed E-state index contributed by atoms with van der Waals surface area (Å²) in [7, 11) is 0. The molecule has 0 spiro atoms. The maximum absolute atomic E-state index is 9.73. The normalized spacial score (nSPS) is 18.4. The first-order valence-corrected chi connectivity index (χ1v) is 6.40. The van der Waals surface area contributed by atoms with Crippen LogP contribution in [0.2, 0.25) is 5.02 Å².